The van der Waals surface area contributed by atoms with Gasteiger partial charge in [0.2, 0.25) is 5.91 Å². The molecular formula is C24H46IN5O2. The molecule has 8 heteroatoms. The monoisotopic (exact) mass is 563 g/mol. The quantitative estimate of drug-likeness (QED) is 0.162. The number of hydrogen-bond donors (Lipinski definition) is 1. The lowest BCUT2D eigenvalue weighted by molar-refractivity contribution is -0.133. The molecule has 0 aromatic heterocycles. The number of rotatable bonds is 8. The fourth-order valence-electron chi connectivity index (χ4n) is 4.97. The van der Waals surface area contributed by atoms with Crippen molar-refractivity contribution in [3.8, 4) is 0 Å². The van der Waals surface area contributed by atoms with E-state index in [1.807, 2.05) is 7.05 Å². The lowest BCUT2D eigenvalue weighted by Gasteiger charge is -2.37. The van der Waals surface area contributed by atoms with Crippen molar-refractivity contribution in [1.82, 2.24) is 20.0 Å². The minimum Gasteiger partial charge on any atom is -0.378 e. The molecule has 0 spiro atoms. The van der Waals surface area contributed by atoms with E-state index in [1.165, 1.54) is 44.9 Å². The van der Waals surface area contributed by atoms with Crippen LogP contribution in [0.3, 0.4) is 0 Å². The van der Waals surface area contributed by atoms with Crippen molar-refractivity contribution >= 4 is 35.8 Å². The average Bonchev–Trinajstić information content (AvgIpc) is 3.09. The third-order valence-corrected chi connectivity index (χ3v) is 6.96. The topological polar surface area (TPSA) is 60.4 Å². The highest BCUT2D eigenvalue weighted by molar-refractivity contribution is 14.0. The Morgan fingerprint density at radius 3 is 2.19 bits per heavy atom. The van der Waals surface area contributed by atoms with Gasteiger partial charge in [-0.3, -0.25) is 14.7 Å². The molecule has 3 rings (SSSR count). The van der Waals surface area contributed by atoms with Gasteiger partial charge in [0.1, 0.15) is 0 Å². The first-order chi connectivity index (χ1) is 15.3. The molecule has 2 heterocycles. The molecular weight excluding hydrogens is 517 g/mol. The van der Waals surface area contributed by atoms with E-state index in [0.717, 1.165) is 84.1 Å². The number of nitrogens with one attached hydrogen (secondary N) is 1. The summed E-state index contributed by atoms with van der Waals surface area (Å²) in [5, 5.41) is 3.52. The van der Waals surface area contributed by atoms with Crippen LogP contribution in [0.5, 0.6) is 0 Å². The summed E-state index contributed by atoms with van der Waals surface area (Å²) in [6.07, 6.45) is 14.2. The van der Waals surface area contributed by atoms with Crippen molar-refractivity contribution in [2.24, 2.45) is 4.99 Å². The number of unbranched alkanes of at least 4 members (excludes halogenated alkanes) is 1. The summed E-state index contributed by atoms with van der Waals surface area (Å²) in [5.74, 6) is 1.30. The van der Waals surface area contributed by atoms with Gasteiger partial charge >= 0.3 is 0 Å². The number of carbonyl (C=O) groups is 1. The Balaban J connectivity index is 0.00000363. The highest BCUT2D eigenvalue weighted by atomic mass is 127. The molecule has 1 aliphatic carbocycles. The number of halogens is 1. The van der Waals surface area contributed by atoms with Crippen LogP contribution in [-0.4, -0.2) is 98.7 Å². The molecule has 7 nitrogen and oxygen atoms in total. The molecule has 3 aliphatic rings. The summed E-state index contributed by atoms with van der Waals surface area (Å²) in [5.41, 5.74) is 0. The Kier molecular flexibility index (Phi) is 13.9. The molecule has 3 fully saturated rings. The molecule has 0 unspecified atom stereocenters. The number of guanidine groups is 1. The van der Waals surface area contributed by atoms with Crippen LogP contribution in [0.25, 0.3) is 0 Å². The first-order valence-corrected chi connectivity index (χ1v) is 12.8. The van der Waals surface area contributed by atoms with Crippen molar-refractivity contribution < 1.29 is 9.53 Å². The Morgan fingerprint density at radius 1 is 0.875 bits per heavy atom. The molecule has 1 saturated carbocycles. The minimum absolute atomic E-state index is 0. The van der Waals surface area contributed by atoms with Crippen molar-refractivity contribution in [3.05, 3.63) is 0 Å². The predicted molar refractivity (Wildman–Crippen MR) is 142 cm³/mol. The van der Waals surface area contributed by atoms with E-state index in [-0.39, 0.29) is 24.0 Å². The first-order valence-electron chi connectivity index (χ1n) is 12.8. The Labute approximate surface area is 212 Å². The van der Waals surface area contributed by atoms with Crippen molar-refractivity contribution in [1.29, 1.82) is 0 Å². The van der Waals surface area contributed by atoms with Gasteiger partial charge in [-0.2, -0.15) is 0 Å². The van der Waals surface area contributed by atoms with Gasteiger partial charge in [0.25, 0.3) is 0 Å². The Morgan fingerprint density at radius 2 is 1.53 bits per heavy atom. The number of likely N-dealkylation sites (tertiary alicyclic amines) is 1. The molecule has 2 saturated heterocycles. The van der Waals surface area contributed by atoms with Gasteiger partial charge < -0.3 is 19.9 Å². The fourth-order valence-corrected chi connectivity index (χ4v) is 4.97. The van der Waals surface area contributed by atoms with Gasteiger partial charge in [-0.25, -0.2) is 0 Å². The maximum Gasteiger partial charge on any atom is 0.236 e. The third kappa shape index (κ3) is 9.71. The van der Waals surface area contributed by atoms with Gasteiger partial charge in [0, 0.05) is 59.5 Å². The number of amides is 1. The van der Waals surface area contributed by atoms with E-state index in [9.17, 15) is 4.79 Å². The maximum atomic E-state index is 12.5. The summed E-state index contributed by atoms with van der Waals surface area (Å²) in [6.45, 7) is 7.99. The summed E-state index contributed by atoms with van der Waals surface area (Å²) in [7, 11) is 1.86. The first kappa shape index (κ1) is 27.6. The van der Waals surface area contributed by atoms with Crippen molar-refractivity contribution in [2.45, 2.75) is 76.7 Å². The second kappa shape index (κ2) is 16.1. The standard InChI is InChI=1S/C24H45N5O2.HI/c1-25-24(26-13-7-10-20-31-22-11-5-2-3-6-12-22)29-18-16-27(17-19-29)21-23(30)28-14-8-4-9-15-28;/h22H,2-21H2,1H3,(H,25,26);1H. The van der Waals surface area contributed by atoms with Crippen LogP contribution >= 0.6 is 24.0 Å². The van der Waals surface area contributed by atoms with E-state index < -0.39 is 0 Å². The van der Waals surface area contributed by atoms with Crippen LogP contribution in [0.1, 0.15) is 70.6 Å². The Bertz CT molecular complexity index is 541. The normalized spacial score (nSPS) is 21.7. The largest absolute Gasteiger partial charge is 0.378 e. The number of hydrogen-bond acceptors (Lipinski definition) is 4. The summed E-state index contributed by atoms with van der Waals surface area (Å²) >= 11 is 0. The van der Waals surface area contributed by atoms with Crippen LogP contribution in [0.15, 0.2) is 4.99 Å². The van der Waals surface area contributed by atoms with Gasteiger partial charge in [0.15, 0.2) is 5.96 Å². The lowest BCUT2D eigenvalue weighted by Crippen LogP contribution is -2.54. The molecule has 0 aromatic carbocycles. The number of carbonyl (C=O) groups excluding carboxylic acids is 1. The lowest BCUT2D eigenvalue weighted by atomic mass is 10.1. The van der Waals surface area contributed by atoms with E-state index in [2.05, 4.69) is 25.0 Å². The molecule has 1 N–H and O–H groups in total. The molecule has 32 heavy (non-hydrogen) atoms. The summed E-state index contributed by atoms with van der Waals surface area (Å²) in [6, 6.07) is 0. The molecule has 186 valence electrons. The van der Waals surface area contributed by atoms with E-state index in [4.69, 9.17) is 4.74 Å². The fraction of sp³-hybridized carbons (Fsp3) is 0.917. The highest BCUT2D eigenvalue weighted by Crippen LogP contribution is 2.20. The molecule has 0 atom stereocenters. The molecule has 1 amide bonds. The second-order valence-corrected chi connectivity index (χ2v) is 9.37. The summed E-state index contributed by atoms with van der Waals surface area (Å²) in [4.78, 5) is 23.7. The van der Waals surface area contributed by atoms with Crippen LogP contribution in [0.2, 0.25) is 0 Å². The van der Waals surface area contributed by atoms with E-state index >= 15 is 0 Å². The van der Waals surface area contributed by atoms with Gasteiger partial charge in [-0.15, -0.1) is 24.0 Å². The Hall–Kier alpha value is -0.610. The van der Waals surface area contributed by atoms with Gasteiger partial charge in [-0.1, -0.05) is 25.7 Å². The van der Waals surface area contributed by atoms with Crippen molar-refractivity contribution in [2.75, 3.05) is 66.0 Å². The average molecular weight is 564 g/mol. The zero-order valence-corrected chi connectivity index (χ0v) is 22.6. The molecule has 0 radical (unpaired) electrons. The smallest absolute Gasteiger partial charge is 0.236 e. The number of aliphatic imine (C=N–C) groups is 1. The number of piperazine rings is 1. The van der Waals surface area contributed by atoms with Gasteiger partial charge in [-0.05, 0) is 44.9 Å². The predicted octanol–water partition coefficient (Wildman–Crippen LogP) is 3.33. The maximum absolute atomic E-state index is 12.5. The highest BCUT2D eigenvalue weighted by Gasteiger charge is 2.24. The number of nitrogens with zero attached hydrogens (tertiary/aromatic N) is 4. The van der Waals surface area contributed by atoms with Crippen molar-refractivity contribution in [3.63, 3.8) is 0 Å². The zero-order valence-electron chi connectivity index (χ0n) is 20.2. The van der Waals surface area contributed by atoms with Crippen LogP contribution in [-0.2, 0) is 9.53 Å². The molecule has 0 aromatic rings. The SMILES string of the molecule is CN=C(NCCCCOC1CCCCCC1)N1CCN(CC(=O)N2CCCCC2)CC1.I. The van der Waals surface area contributed by atoms with E-state index in [1.54, 1.807) is 0 Å². The van der Waals surface area contributed by atoms with Gasteiger partial charge in [0.05, 0.1) is 12.6 Å². The van der Waals surface area contributed by atoms with E-state index in [0.29, 0.717) is 18.6 Å². The molecule has 2 aliphatic heterocycles. The third-order valence-electron chi connectivity index (χ3n) is 6.96. The second-order valence-electron chi connectivity index (χ2n) is 9.37. The number of piperidine rings is 1. The van der Waals surface area contributed by atoms with Crippen LogP contribution in [0.4, 0.5) is 0 Å². The summed E-state index contributed by atoms with van der Waals surface area (Å²) < 4.78 is 6.09. The van der Waals surface area contributed by atoms with Crippen LogP contribution in [0, 0.1) is 0 Å². The minimum atomic E-state index is 0. The molecule has 0 bridgehead atoms. The zero-order chi connectivity index (χ0) is 21.7. The van der Waals surface area contributed by atoms with Crippen LogP contribution < -0.4 is 5.32 Å². The number of ether oxygens (including phenoxy) is 1.